The summed E-state index contributed by atoms with van der Waals surface area (Å²) in [5.74, 6) is -0.769. The van der Waals surface area contributed by atoms with Crippen LogP contribution in [0.5, 0.6) is 0 Å². The largest absolute Gasteiger partial charge is 0.339 e. The first-order valence-corrected chi connectivity index (χ1v) is 6.50. The predicted molar refractivity (Wildman–Crippen MR) is 69.7 cm³/mol. The lowest BCUT2D eigenvalue weighted by atomic mass is 9.97. The molecule has 0 radical (unpaired) electrons. The van der Waals surface area contributed by atoms with Crippen molar-refractivity contribution in [2.75, 3.05) is 13.1 Å². The van der Waals surface area contributed by atoms with Crippen LogP contribution in [-0.2, 0) is 4.79 Å². The summed E-state index contributed by atoms with van der Waals surface area (Å²) in [6.45, 7) is 1.02. The number of amides is 1. The lowest BCUT2D eigenvalue weighted by Gasteiger charge is -2.30. The number of carbonyl (C=O) groups excluding carboxylic acids is 2. The molecule has 1 heterocycles. The number of likely N-dealkylation sites (tertiary alicyclic amines) is 1. The molecule has 1 aromatic rings. The number of hydrogen-bond donors (Lipinski definition) is 0. The van der Waals surface area contributed by atoms with Crippen LogP contribution in [0.15, 0.2) is 24.3 Å². The Morgan fingerprint density at radius 2 is 1.83 bits per heavy atom. The van der Waals surface area contributed by atoms with Crippen molar-refractivity contribution in [3.8, 4) is 0 Å². The van der Waals surface area contributed by atoms with Gasteiger partial charge in [0.05, 0.1) is 5.56 Å². The van der Waals surface area contributed by atoms with Gasteiger partial charge in [-0.05, 0) is 25.0 Å². The van der Waals surface area contributed by atoms with Crippen molar-refractivity contribution in [2.24, 2.45) is 5.92 Å². The van der Waals surface area contributed by atoms with Crippen molar-refractivity contribution >= 4 is 20.7 Å². The van der Waals surface area contributed by atoms with Gasteiger partial charge in [0, 0.05) is 19.0 Å². The maximum Gasteiger partial charge on any atom is 0.256 e. The van der Waals surface area contributed by atoms with E-state index in [1.807, 2.05) is 0 Å². The summed E-state index contributed by atoms with van der Waals surface area (Å²) < 4.78 is 13.5. The molecule has 1 aliphatic rings. The first-order valence-electron chi connectivity index (χ1n) is 5.92. The third-order valence-electron chi connectivity index (χ3n) is 3.29. The third-order valence-corrected chi connectivity index (χ3v) is 3.76. The first-order chi connectivity index (χ1) is 8.59. The lowest BCUT2D eigenvalue weighted by molar-refractivity contribution is -0.115. The van der Waals surface area contributed by atoms with Gasteiger partial charge in [-0.2, -0.15) is 0 Å². The van der Waals surface area contributed by atoms with E-state index in [2.05, 4.69) is 9.24 Å². The molecule has 0 saturated carbocycles. The van der Waals surface area contributed by atoms with Crippen molar-refractivity contribution in [3.05, 3.63) is 35.6 Å². The molecule has 1 aliphatic heterocycles. The van der Waals surface area contributed by atoms with E-state index in [0.29, 0.717) is 25.9 Å². The van der Waals surface area contributed by atoms with E-state index >= 15 is 0 Å². The van der Waals surface area contributed by atoms with Crippen LogP contribution in [0.2, 0.25) is 0 Å². The number of rotatable bonds is 2. The second-order valence-corrected chi connectivity index (χ2v) is 5.02. The van der Waals surface area contributed by atoms with Crippen LogP contribution in [-0.4, -0.2) is 29.4 Å². The Labute approximate surface area is 108 Å². The molecule has 18 heavy (non-hydrogen) atoms. The summed E-state index contributed by atoms with van der Waals surface area (Å²) in [7, 11) is 2.19. The van der Waals surface area contributed by atoms with Gasteiger partial charge in [-0.1, -0.05) is 21.4 Å². The second kappa shape index (κ2) is 5.57. The van der Waals surface area contributed by atoms with E-state index in [9.17, 15) is 14.0 Å². The summed E-state index contributed by atoms with van der Waals surface area (Å²) in [6.07, 6.45) is 1.31. The number of hydrogen-bond acceptors (Lipinski definition) is 2. The molecule has 0 spiro atoms. The highest BCUT2D eigenvalue weighted by atomic mass is 31.0. The van der Waals surface area contributed by atoms with Gasteiger partial charge >= 0.3 is 0 Å². The molecule has 1 saturated heterocycles. The van der Waals surface area contributed by atoms with Crippen LogP contribution in [0.4, 0.5) is 4.39 Å². The zero-order valence-electron chi connectivity index (χ0n) is 9.93. The molecular weight excluding hydrogens is 252 g/mol. The number of benzene rings is 1. The fraction of sp³-hybridized carbons (Fsp3) is 0.385. The Bertz CT molecular complexity index is 470. The number of carbonyl (C=O) groups is 2. The van der Waals surface area contributed by atoms with Crippen LogP contribution in [0.3, 0.4) is 0 Å². The van der Waals surface area contributed by atoms with Gasteiger partial charge < -0.3 is 4.90 Å². The van der Waals surface area contributed by atoms with Crippen LogP contribution in [0.25, 0.3) is 0 Å². The van der Waals surface area contributed by atoms with Gasteiger partial charge in [0.15, 0.2) is 5.52 Å². The quantitative estimate of drug-likeness (QED) is 0.769. The minimum Gasteiger partial charge on any atom is -0.339 e. The molecule has 0 aliphatic carbocycles. The monoisotopic (exact) mass is 267 g/mol. The molecular formula is C13H15FNO2P. The number of nitrogens with zero attached hydrogens (tertiary/aromatic N) is 1. The highest BCUT2D eigenvalue weighted by molar-refractivity contribution is 7.40. The molecule has 1 amide bonds. The zero-order chi connectivity index (χ0) is 13.1. The number of halogens is 1. The Morgan fingerprint density at radius 3 is 2.39 bits per heavy atom. The second-order valence-electron chi connectivity index (χ2n) is 4.45. The maximum absolute atomic E-state index is 13.5. The smallest absolute Gasteiger partial charge is 0.256 e. The van der Waals surface area contributed by atoms with Crippen molar-refractivity contribution in [2.45, 2.75) is 12.8 Å². The van der Waals surface area contributed by atoms with Crippen molar-refractivity contribution in [1.82, 2.24) is 4.90 Å². The van der Waals surface area contributed by atoms with Gasteiger partial charge in [-0.25, -0.2) is 4.39 Å². The predicted octanol–water partition coefficient (Wildman–Crippen LogP) is 2.08. The minimum atomic E-state index is -0.494. The molecule has 1 unspecified atom stereocenters. The topological polar surface area (TPSA) is 37.4 Å². The molecule has 0 N–H and O–H groups in total. The molecule has 0 bridgehead atoms. The Morgan fingerprint density at radius 1 is 1.22 bits per heavy atom. The molecule has 1 fully saturated rings. The van der Waals surface area contributed by atoms with Crippen LogP contribution in [0, 0.1) is 11.7 Å². The van der Waals surface area contributed by atoms with Crippen LogP contribution >= 0.6 is 9.24 Å². The lowest BCUT2D eigenvalue weighted by Crippen LogP contribution is -2.39. The van der Waals surface area contributed by atoms with E-state index < -0.39 is 5.82 Å². The van der Waals surface area contributed by atoms with Crippen molar-refractivity contribution in [1.29, 1.82) is 0 Å². The third kappa shape index (κ3) is 2.75. The zero-order valence-corrected chi connectivity index (χ0v) is 11.1. The summed E-state index contributed by atoms with van der Waals surface area (Å²) >= 11 is 0. The van der Waals surface area contributed by atoms with E-state index in [1.165, 1.54) is 12.1 Å². The fourth-order valence-electron chi connectivity index (χ4n) is 2.17. The van der Waals surface area contributed by atoms with Gasteiger partial charge in [0.1, 0.15) is 5.82 Å². The van der Waals surface area contributed by atoms with Crippen LogP contribution < -0.4 is 0 Å². The van der Waals surface area contributed by atoms with Gasteiger partial charge in [0.25, 0.3) is 5.91 Å². The summed E-state index contributed by atoms with van der Waals surface area (Å²) in [6, 6.07) is 5.98. The van der Waals surface area contributed by atoms with E-state index in [0.717, 1.165) is 0 Å². The normalized spacial score (nSPS) is 16.7. The first kappa shape index (κ1) is 13.2. The summed E-state index contributed by atoms with van der Waals surface area (Å²) in [5, 5.41) is 0. The molecule has 1 aromatic carbocycles. The maximum atomic E-state index is 13.5. The van der Waals surface area contributed by atoms with Crippen molar-refractivity contribution < 1.29 is 14.0 Å². The van der Waals surface area contributed by atoms with E-state index in [1.54, 1.807) is 17.0 Å². The molecule has 1 atom stereocenters. The molecule has 2 rings (SSSR count). The van der Waals surface area contributed by atoms with E-state index in [-0.39, 0.29) is 22.9 Å². The minimum absolute atomic E-state index is 0.0136. The molecule has 0 aromatic heterocycles. The fourth-order valence-corrected chi connectivity index (χ4v) is 2.51. The summed E-state index contributed by atoms with van der Waals surface area (Å²) in [5.41, 5.74) is 0.196. The molecule has 96 valence electrons. The highest BCUT2D eigenvalue weighted by Gasteiger charge is 2.26. The van der Waals surface area contributed by atoms with Gasteiger partial charge in [-0.15, -0.1) is 0 Å². The average Bonchev–Trinajstić information content (AvgIpc) is 2.38. The Hall–Kier alpha value is -1.28. The number of piperidine rings is 1. The Balaban J connectivity index is 2.04. The van der Waals surface area contributed by atoms with E-state index in [4.69, 9.17) is 0 Å². The standard InChI is InChI=1S/C13H15FNO2P/c14-11-4-2-1-3-10(11)12(16)15-7-5-9(6-8-15)13(17)18/h1-4,9H,5-8,18H2. The average molecular weight is 267 g/mol. The SMILES string of the molecule is O=C(P)C1CCN(C(=O)c2ccccc2F)CC1. The van der Waals surface area contributed by atoms with Gasteiger partial charge in [-0.3, -0.25) is 9.59 Å². The van der Waals surface area contributed by atoms with Gasteiger partial charge in [0.2, 0.25) is 0 Å². The molecule has 3 nitrogen and oxygen atoms in total. The Kier molecular flexibility index (Phi) is 4.07. The highest BCUT2D eigenvalue weighted by Crippen LogP contribution is 2.22. The summed E-state index contributed by atoms with van der Waals surface area (Å²) in [4.78, 5) is 24.9. The van der Waals surface area contributed by atoms with Crippen molar-refractivity contribution in [3.63, 3.8) is 0 Å². The van der Waals surface area contributed by atoms with Crippen LogP contribution in [0.1, 0.15) is 23.2 Å². The molecule has 5 heteroatoms.